The molecule has 1 aromatic heterocycles. The molecule has 1 aromatic carbocycles. The van der Waals surface area contributed by atoms with E-state index in [0.717, 1.165) is 6.54 Å². The summed E-state index contributed by atoms with van der Waals surface area (Å²) in [6, 6.07) is 6.83. The Balaban J connectivity index is 2.24. The maximum Gasteiger partial charge on any atom is 0.0349 e. The largest absolute Gasteiger partial charge is 0.301 e. The van der Waals surface area contributed by atoms with Gasteiger partial charge in [0.15, 0.2) is 0 Å². The molecule has 15 heavy (non-hydrogen) atoms. The second-order valence-electron chi connectivity index (χ2n) is 4.49. The van der Waals surface area contributed by atoms with Crippen LogP contribution in [-0.2, 0) is 13.0 Å². The van der Waals surface area contributed by atoms with E-state index in [9.17, 15) is 0 Å². The SMILES string of the molecule is Cc1ccc2sc3c(c2c1)CCN(C)C3. The van der Waals surface area contributed by atoms with Crippen molar-refractivity contribution in [2.45, 2.75) is 19.9 Å². The Morgan fingerprint density at radius 1 is 1.33 bits per heavy atom. The molecule has 1 nitrogen and oxygen atoms in total. The van der Waals surface area contributed by atoms with Crippen LogP contribution in [0.25, 0.3) is 10.1 Å². The van der Waals surface area contributed by atoms with Gasteiger partial charge in [-0.25, -0.2) is 0 Å². The molecular formula is C13H15NS. The summed E-state index contributed by atoms with van der Waals surface area (Å²) in [6.07, 6.45) is 1.22. The fourth-order valence-electron chi connectivity index (χ4n) is 2.34. The van der Waals surface area contributed by atoms with Crippen LogP contribution >= 0.6 is 11.3 Å². The van der Waals surface area contributed by atoms with E-state index >= 15 is 0 Å². The molecule has 0 N–H and O–H groups in total. The van der Waals surface area contributed by atoms with E-state index in [-0.39, 0.29) is 0 Å². The molecule has 0 aliphatic carbocycles. The van der Waals surface area contributed by atoms with E-state index in [1.54, 1.807) is 10.4 Å². The molecule has 1 aliphatic rings. The van der Waals surface area contributed by atoms with Crippen LogP contribution in [0.2, 0.25) is 0 Å². The van der Waals surface area contributed by atoms with Crippen LogP contribution in [0.3, 0.4) is 0 Å². The number of aryl methyl sites for hydroxylation is 1. The van der Waals surface area contributed by atoms with Crippen molar-refractivity contribution in [3.05, 3.63) is 34.2 Å². The lowest BCUT2D eigenvalue weighted by Crippen LogP contribution is -2.25. The first-order chi connectivity index (χ1) is 7.24. The standard InChI is InChI=1S/C13H15NS/c1-9-3-4-12-11(7-9)10-5-6-14(2)8-13(10)15-12/h3-4,7H,5-6,8H2,1-2H3. The molecule has 0 fully saturated rings. The second-order valence-corrected chi connectivity index (χ2v) is 5.63. The van der Waals surface area contributed by atoms with E-state index in [2.05, 4.69) is 37.1 Å². The van der Waals surface area contributed by atoms with Gasteiger partial charge in [0.25, 0.3) is 0 Å². The molecule has 0 atom stereocenters. The van der Waals surface area contributed by atoms with Crippen molar-refractivity contribution < 1.29 is 0 Å². The minimum Gasteiger partial charge on any atom is -0.301 e. The Morgan fingerprint density at radius 2 is 2.20 bits per heavy atom. The molecule has 1 aliphatic heterocycles. The third-order valence-corrected chi connectivity index (χ3v) is 4.38. The van der Waals surface area contributed by atoms with Crippen LogP contribution in [0.5, 0.6) is 0 Å². The highest BCUT2D eigenvalue weighted by Crippen LogP contribution is 2.35. The lowest BCUT2D eigenvalue weighted by Gasteiger charge is -2.22. The van der Waals surface area contributed by atoms with Gasteiger partial charge in [-0.3, -0.25) is 0 Å². The van der Waals surface area contributed by atoms with Crippen LogP contribution in [0.4, 0.5) is 0 Å². The smallest absolute Gasteiger partial charge is 0.0349 e. The van der Waals surface area contributed by atoms with E-state index in [0.29, 0.717) is 0 Å². The van der Waals surface area contributed by atoms with Gasteiger partial charge in [0.05, 0.1) is 0 Å². The summed E-state index contributed by atoms with van der Waals surface area (Å²) in [5, 5.41) is 1.50. The minimum absolute atomic E-state index is 1.13. The zero-order valence-electron chi connectivity index (χ0n) is 9.21. The van der Waals surface area contributed by atoms with Crippen molar-refractivity contribution in [3.63, 3.8) is 0 Å². The molecule has 0 spiro atoms. The highest BCUT2D eigenvalue weighted by atomic mass is 32.1. The summed E-state index contributed by atoms with van der Waals surface area (Å²) in [4.78, 5) is 3.98. The van der Waals surface area contributed by atoms with Crippen molar-refractivity contribution in [1.82, 2.24) is 4.90 Å². The normalized spacial score (nSPS) is 16.9. The van der Waals surface area contributed by atoms with Crippen molar-refractivity contribution >= 4 is 21.4 Å². The maximum absolute atomic E-state index is 2.41. The van der Waals surface area contributed by atoms with Gasteiger partial charge in [0.2, 0.25) is 0 Å². The topological polar surface area (TPSA) is 3.24 Å². The number of benzene rings is 1. The molecule has 0 saturated heterocycles. The quantitative estimate of drug-likeness (QED) is 0.655. The van der Waals surface area contributed by atoms with Crippen LogP contribution in [-0.4, -0.2) is 18.5 Å². The summed E-state index contributed by atoms with van der Waals surface area (Å²) in [5.41, 5.74) is 2.99. The Kier molecular flexibility index (Phi) is 2.08. The molecule has 0 bridgehead atoms. The highest BCUT2D eigenvalue weighted by Gasteiger charge is 2.18. The van der Waals surface area contributed by atoms with Crippen LogP contribution in [0.1, 0.15) is 16.0 Å². The van der Waals surface area contributed by atoms with Crippen molar-refractivity contribution in [3.8, 4) is 0 Å². The van der Waals surface area contributed by atoms with Crippen LogP contribution in [0.15, 0.2) is 18.2 Å². The number of rotatable bonds is 0. The molecule has 2 heterocycles. The number of thiophene rings is 1. The van der Waals surface area contributed by atoms with Gasteiger partial charge in [-0.2, -0.15) is 0 Å². The first-order valence-corrected chi connectivity index (χ1v) is 6.25. The molecule has 3 rings (SSSR count). The van der Waals surface area contributed by atoms with Crippen molar-refractivity contribution in [2.24, 2.45) is 0 Å². The Labute approximate surface area is 94.3 Å². The summed E-state index contributed by atoms with van der Waals surface area (Å²) < 4.78 is 1.46. The number of nitrogens with zero attached hydrogens (tertiary/aromatic N) is 1. The number of fused-ring (bicyclic) bond motifs is 3. The van der Waals surface area contributed by atoms with Crippen molar-refractivity contribution in [2.75, 3.05) is 13.6 Å². The Morgan fingerprint density at radius 3 is 3.07 bits per heavy atom. The lowest BCUT2D eigenvalue weighted by molar-refractivity contribution is 0.318. The van der Waals surface area contributed by atoms with Gasteiger partial charge in [-0.1, -0.05) is 17.7 Å². The molecule has 78 valence electrons. The summed E-state index contributed by atoms with van der Waals surface area (Å²) >= 11 is 1.97. The predicted octanol–water partition coefficient (Wildman–Crippen LogP) is 3.20. The molecule has 0 amide bonds. The highest BCUT2D eigenvalue weighted by molar-refractivity contribution is 7.19. The predicted molar refractivity (Wildman–Crippen MR) is 66.6 cm³/mol. The number of hydrogen-bond donors (Lipinski definition) is 0. The zero-order valence-corrected chi connectivity index (χ0v) is 10.0. The van der Waals surface area contributed by atoms with Gasteiger partial charge >= 0.3 is 0 Å². The van der Waals surface area contributed by atoms with Gasteiger partial charge in [0.1, 0.15) is 0 Å². The van der Waals surface area contributed by atoms with E-state index in [4.69, 9.17) is 0 Å². The van der Waals surface area contributed by atoms with E-state index in [1.807, 2.05) is 11.3 Å². The van der Waals surface area contributed by atoms with Crippen LogP contribution < -0.4 is 0 Å². The summed E-state index contributed by atoms with van der Waals surface area (Å²) in [6.45, 7) is 4.51. The van der Waals surface area contributed by atoms with E-state index < -0.39 is 0 Å². The Bertz CT molecular complexity index is 512. The maximum atomic E-state index is 2.41. The van der Waals surface area contributed by atoms with Gasteiger partial charge < -0.3 is 4.90 Å². The number of hydrogen-bond acceptors (Lipinski definition) is 2. The van der Waals surface area contributed by atoms with Crippen LogP contribution in [0, 0.1) is 6.92 Å². The second kappa shape index (κ2) is 3.32. The zero-order chi connectivity index (χ0) is 10.4. The molecule has 2 heteroatoms. The monoisotopic (exact) mass is 217 g/mol. The average Bonchev–Trinajstić information content (AvgIpc) is 2.54. The van der Waals surface area contributed by atoms with Gasteiger partial charge in [-0.05, 0) is 37.4 Å². The lowest BCUT2D eigenvalue weighted by atomic mass is 10.0. The molecular weight excluding hydrogens is 202 g/mol. The fraction of sp³-hybridized carbons (Fsp3) is 0.385. The molecule has 2 aromatic rings. The third kappa shape index (κ3) is 1.48. The number of likely N-dealkylation sites (N-methyl/N-ethyl adjacent to an activating group) is 1. The van der Waals surface area contributed by atoms with E-state index in [1.165, 1.54) is 28.6 Å². The first kappa shape index (κ1) is 9.37. The van der Waals surface area contributed by atoms with Crippen molar-refractivity contribution in [1.29, 1.82) is 0 Å². The molecule has 0 radical (unpaired) electrons. The average molecular weight is 217 g/mol. The fourth-order valence-corrected chi connectivity index (χ4v) is 3.66. The van der Waals surface area contributed by atoms with Gasteiger partial charge in [-0.15, -0.1) is 11.3 Å². The molecule has 0 saturated carbocycles. The molecule has 0 unspecified atom stereocenters. The summed E-state index contributed by atoms with van der Waals surface area (Å²) in [7, 11) is 2.21. The van der Waals surface area contributed by atoms with Gasteiger partial charge in [0, 0.05) is 22.7 Å². The minimum atomic E-state index is 1.13. The third-order valence-electron chi connectivity index (χ3n) is 3.19. The summed E-state index contributed by atoms with van der Waals surface area (Å²) in [5.74, 6) is 0. The first-order valence-electron chi connectivity index (χ1n) is 5.43. The Hall–Kier alpha value is -0.860.